The van der Waals surface area contributed by atoms with Crippen LogP contribution in [0.15, 0.2) is 41.0 Å². The van der Waals surface area contributed by atoms with Crippen molar-refractivity contribution in [3.63, 3.8) is 0 Å². The number of benzene rings is 1. The highest BCUT2D eigenvalue weighted by Crippen LogP contribution is 2.34. The summed E-state index contributed by atoms with van der Waals surface area (Å²) in [7, 11) is 0. The van der Waals surface area contributed by atoms with E-state index < -0.39 is 0 Å². The van der Waals surface area contributed by atoms with Crippen LogP contribution in [-0.2, 0) is 11.2 Å². The number of anilines is 2. The molecule has 0 unspecified atom stereocenters. The number of nitrogens with one attached hydrogen (secondary N) is 2. The number of ether oxygens (including phenoxy) is 1. The zero-order valence-electron chi connectivity index (χ0n) is 15.0. The molecule has 3 amide bonds. The maximum atomic E-state index is 12.2. The molecule has 2 aromatic rings. The van der Waals surface area contributed by atoms with Gasteiger partial charge >= 0.3 is 6.03 Å². The van der Waals surface area contributed by atoms with Gasteiger partial charge in [0.1, 0.15) is 11.5 Å². The predicted molar refractivity (Wildman–Crippen MR) is 98.6 cm³/mol. The van der Waals surface area contributed by atoms with Crippen LogP contribution in [0.25, 0.3) is 0 Å². The summed E-state index contributed by atoms with van der Waals surface area (Å²) in [4.78, 5) is 25.7. The first kappa shape index (κ1) is 17.8. The largest absolute Gasteiger partial charge is 0.481 e. The Morgan fingerprint density at radius 3 is 2.92 bits per heavy atom. The number of rotatable bonds is 6. The molecule has 0 spiro atoms. The number of likely N-dealkylation sites (N-methyl/N-ethyl adjacent to an activating group) is 1. The number of nitrogens with zero attached hydrogens (tertiary/aromatic N) is 1. The second-order valence-corrected chi connectivity index (χ2v) is 6.23. The van der Waals surface area contributed by atoms with Crippen LogP contribution in [0.5, 0.6) is 5.75 Å². The van der Waals surface area contributed by atoms with Crippen LogP contribution in [0.1, 0.15) is 26.0 Å². The molecule has 1 aliphatic heterocycles. The molecule has 2 N–H and O–H groups in total. The minimum Gasteiger partial charge on any atom is -0.481 e. The van der Waals surface area contributed by atoms with Crippen molar-refractivity contribution in [2.24, 2.45) is 0 Å². The monoisotopic (exact) mass is 357 g/mol. The minimum absolute atomic E-state index is 0.00202. The smallest absolute Gasteiger partial charge is 0.319 e. The predicted octanol–water partition coefficient (Wildman–Crippen LogP) is 3.17. The zero-order valence-corrected chi connectivity index (χ0v) is 15.0. The first-order valence-corrected chi connectivity index (χ1v) is 8.74. The number of hydrogen-bond donors (Lipinski definition) is 2. The van der Waals surface area contributed by atoms with E-state index in [1.165, 1.54) is 0 Å². The summed E-state index contributed by atoms with van der Waals surface area (Å²) in [5, 5.41) is 5.70. The van der Waals surface area contributed by atoms with Crippen molar-refractivity contribution in [3.8, 4) is 5.75 Å². The van der Waals surface area contributed by atoms with Gasteiger partial charge in [0.05, 0.1) is 12.0 Å². The van der Waals surface area contributed by atoms with Crippen LogP contribution < -0.4 is 20.3 Å². The maximum Gasteiger partial charge on any atom is 0.319 e. The van der Waals surface area contributed by atoms with Crippen LogP contribution in [-0.4, -0.2) is 31.1 Å². The van der Waals surface area contributed by atoms with Crippen LogP contribution in [0.4, 0.5) is 16.2 Å². The van der Waals surface area contributed by atoms with Crippen LogP contribution in [0.3, 0.4) is 0 Å². The Labute approximate surface area is 152 Å². The van der Waals surface area contributed by atoms with E-state index in [0.29, 0.717) is 18.0 Å². The standard InChI is InChI=1S/C19H23N3O4/c1-3-22-16-9-7-14(11-17(16)26-12-18(22)23)21-19(24)20-13(2)6-8-15-5-4-10-25-15/h4-5,7,9-11,13H,3,6,8,12H2,1-2H3,(H2,20,21,24)/t13-/m0/s1. The molecule has 3 rings (SSSR count). The Kier molecular flexibility index (Phi) is 5.46. The Hall–Kier alpha value is -2.96. The van der Waals surface area contributed by atoms with Crippen LogP contribution >= 0.6 is 0 Å². The second kappa shape index (κ2) is 7.95. The van der Waals surface area contributed by atoms with Gasteiger partial charge in [-0.2, -0.15) is 0 Å². The Bertz CT molecular complexity index is 773. The first-order chi connectivity index (χ1) is 12.6. The number of amides is 3. The Balaban J connectivity index is 1.55. The van der Waals surface area contributed by atoms with Gasteiger partial charge in [-0.1, -0.05) is 0 Å². The zero-order chi connectivity index (χ0) is 18.5. The molecular weight excluding hydrogens is 334 g/mol. The number of urea groups is 1. The second-order valence-electron chi connectivity index (χ2n) is 6.23. The van der Waals surface area contributed by atoms with Gasteiger partial charge in [0.2, 0.25) is 0 Å². The summed E-state index contributed by atoms with van der Waals surface area (Å²) in [6.45, 7) is 4.45. The third-order valence-corrected chi connectivity index (χ3v) is 4.26. The molecule has 26 heavy (non-hydrogen) atoms. The van der Waals surface area contributed by atoms with E-state index >= 15 is 0 Å². The van der Waals surface area contributed by atoms with E-state index in [-0.39, 0.29) is 24.6 Å². The van der Waals surface area contributed by atoms with Crippen molar-refractivity contribution >= 4 is 23.3 Å². The number of fused-ring (bicyclic) bond motifs is 1. The molecule has 0 saturated carbocycles. The molecule has 0 radical (unpaired) electrons. The summed E-state index contributed by atoms with van der Waals surface area (Å²) < 4.78 is 10.8. The normalized spacial score (nSPS) is 14.4. The van der Waals surface area contributed by atoms with Crippen molar-refractivity contribution in [1.29, 1.82) is 0 Å². The van der Waals surface area contributed by atoms with Crippen LogP contribution in [0.2, 0.25) is 0 Å². The quantitative estimate of drug-likeness (QED) is 0.832. The van der Waals surface area contributed by atoms with Gasteiger partial charge in [0.25, 0.3) is 5.91 Å². The minimum atomic E-state index is -0.281. The van der Waals surface area contributed by atoms with Gasteiger partial charge in [-0.3, -0.25) is 4.79 Å². The summed E-state index contributed by atoms with van der Waals surface area (Å²) >= 11 is 0. The summed E-state index contributed by atoms with van der Waals surface area (Å²) in [6, 6.07) is 8.77. The lowest BCUT2D eigenvalue weighted by atomic mass is 10.1. The van der Waals surface area contributed by atoms with Gasteiger partial charge in [0.15, 0.2) is 6.61 Å². The lowest BCUT2D eigenvalue weighted by Gasteiger charge is -2.28. The van der Waals surface area contributed by atoms with E-state index in [1.54, 1.807) is 29.4 Å². The average Bonchev–Trinajstić information content (AvgIpc) is 3.13. The molecule has 7 heteroatoms. The molecule has 2 heterocycles. The fraction of sp³-hybridized carbons (Fsp3) is 0.368. The first-order valence-electron chi connectivity index (χ1n) is 8.74. The van der Waals surface area contributed by atoms with E-state index in [1.807, 2.05) is 26.0 Å². The van der Waals surface area contributed by atoms with Crippen molar-refractivity contribution in [1.82, 2.24) is 5.32 Å². The van der Waals surface area contributed by atoms with E-state index in [2.05, 4.69) is 10.6 Å². The molecule has 7 nitrogen and oxygen atoms in total. The van der Waals surface area contributed by atoms with E-state index in [0.717, 1.165) is 24.3 Å². The van der Waals surface area contributed by atoms with Gasteiger partial charge in [-0.05, 0) is 44.5 Å². The van der Waals surface area contributed by atoms with Crippen molar-refractivity contribution in [2.75, 3.05) is 23.4 Å². The fourth-order valence-electron chi connectivity index (χ4n) is 2.91. The van der Waals surface area contributed by atoms with Gasteiger partial charge in [-0.25, -0.2) is 4.79 Å². The lowest BCUT2D eigenvalue weighted by molar-refractivity contribution is -0.121. The number of furan rings is 1. The lowest BCUT2D eigenvalue weighted by Crippen LogP contribution is -2.38. The molecule has 0 fully saturated rings. The number of hydrogen-bond acceptors (Lipinski definition) is 4. The molecule has 1 aromatic heterocycles. The third kappa shape index (κ3) is 4.17. The number of aryl methyl sites for hydroxylation is 1. The van der Waals surface area contributed by atoms with Gasteiger partial charge in [-0.15, -0.1) is 0 Å². The highest BCUT2D eigenvalue weighted by atomic mass is 16.5. The molecule has 1 atom stereocenters. The maximum absolute atomic E-state index is 12.2. The molecule has 0 aliphatic carbocycles. The van der Waals surface area contributed by atoms with Crippen LogP contribution in [0, 0.1) is 0 Å². The SMILES string of the molecule is CCN1C(=O)COc2cc(NC(=O)N[C@@H](C)CCc3ccco3)ccc21. The van der Waals surface area contributed by atoms with Crippen molar-refractivity contribution < 1.29 is 18.7 Å². The third-order valence-electron chi connectivity index (χ3n) is 4.26. The number of carbonyl (C=O) groups is 2. The fourth-order valence-corrected chi connectivity index (χ4v) is 2.91. The van der Waals surface area contributed by atoms with E-state index in [4.69, 9.17) is 9.15 Å². The van der Waals surface area contributed by atoms with Gasteiger partial charge < -0.3 is 24.7 Å². The summed E-state index contributed by atoms with van der Waals surface area (Å²) in [5.74, 6) is 1.43. The molecule has 0 bridgehead atoms. The van der Waals surface area contributed by atoms with Crippen molar-refractivity contribution in [3.05, 3.63) is 42.4 Å². The average molecular weight is 357 g/mol. The summed E-state index contributed by atoms with van der Waals surface area (Å²) in [5.41, 5.74) is 1.34. The molecule has 1 aliphatic rings. The Morgan fingerprint density at radius 2 is 2.19 bits per heavy atom. The highest BCUT2D eigenvalue weighted by Gasteiger charge is 2.24. The number of carbonyl (C=O) groups excluding carboxylic acids is 2. The molecule has 0 saturated heterocycles. The molecular formula is C19H23N3O4. The topological polar surface area (TPSA) is 83.8 Å². The molecule has 1 aromatic carbocycles. The van der Waals surface area contributed by atoms with Crippen molar-refractivity contribution in [2.45, 2.75) is 32.7 Å². The van der Waals surface area contributed by atoms with E-state index in [9.17, 15) is 9.59 Å². The summed E-state index contributed by atoms with van der Waals surface area (Å²) in [6.07, 6.45) is 3.19. The highest BCUT2D eigenvalue weighted by molar-refractivity contribution is 5.98. The Morgan fingerprint density at radius 1 is 1.35 bits per heavy atom. The molecule has 138 valence electrons. The van der Waals surface area contributed by atoms with Gasteiger partial charge in [0, 0.05) is 30.8 Å².